The summed E-state index contributed by atoms with van der Waals surface area (Å²) in [5.41, 5.74) is 6.53. The van der Waals surface area contributed by atoms with E-state index in [9.17, 15) is 9.18 Å². The fourth-order valence-corrected chi connectivity index (χ4v) is 1.49. The van der Waals surface area contributed by atoms with Gasteiger partial charge in [-0.3, -0.25) is 0 Å². The number of benzene rings is 1. The van der Waals surface area contributed by atoms with Gasteiger partial charge >= 0.3 is 5.97 Å². The van der Waals surface area contributed by atoms with Crippen molar-refractivity contribution in [1.29, 1.82) is 0 Å². The van der Waals surface area contributed by atoms with E-state index in [1.54, 1.807) is 19.1 Å². The molecule has 0 saturated carbocycles. The zero-order chi connectivity index (χ0) is 13.3. The highest BCUT2D eigenvalue weighted by atomic mass is 19.1. The third-order valence-electron chi connectivity index (χ3n) is 2.41. The lowest BCUT2D eigenvalue weighted by Crippen LogP contribution is -2.08. The van der Waals surface area contributed by atoms with Gasteiger partial charge in [0, 0.05) is 0 Å². The van der Waals surface area contributed by atoms with E-state index >= 15 is 0 Å². The Bertz CT molecular complexity index is 609. The topological polar surface area (TPSA) is 83.0 Å². The van der Waals surface area contributed by atoms with Crippen molar-refractivity contribution < 1.29 is 13.9 Å². The lowest BCUT2D eigenvalue weighted by Gasteiger charge is -2.05. The van der Waals surface area contributed by atoms with Gasteiger partial charge in [-0.2, -0.15) is 4.68 Å². The van der Waals surface area contributed by atoms with E-state index in [0.717, 1.165) is 10.2 Å². The van der Waals surface area contributed by atoms with Crippen LogP contribution in [0.5, 0.6) is 0 Å². The zero-order valence-corrected chi connectivity index (χ0v) is 9.85. The van der Waals surface area contributed by atoms with Crippen molar-refractivity contribution in [2.75, 3.05) is 12.8 Å². The van der Waals surface area contributed by atoms with Gasteiger partial charge in [-0.25, -0.2) is 9.18 Å². The monoisotopic (exact) mass is 250 g/mol. The SMILES string of the molecule is COC(=O)c1nnn(-c2cc(C)ccc2F)c1N. The Labute approximate surface area is 102 Å². The van der Waals surface area contributed by atoms with Crippen molar-refractivity contribution >= 4 is 11.8 Å². The number of halogens is 1. The van der Waals surface area contributed by atoms with Crippen molar-refractivity contribution in [3.8, 4) is 5.69 Å². The Morgan fingerprint density at radius 3 is 2.89 bits per heavy atom. The smallest absolute Gasteiger partial charge is 0.362 e. The Hall–Kier alpha value is -2.44. The molecule has 0 atom stereocenters. The van der Waals surface area contributed by atoms with Crippen molar-refractivity contribution in [2.24, 2.45) is 0 Å². The summed E-state index contributed by atoms with van der Waals surface area (Å²) in [5.74, 6) is -1.29. The fraction of sp³-hybridized carbons (Fsp3) is 0.182. The first-order chi connectivity index (χ1) is 8.54. The van der Waals surface area contributed by atoms with Crippen LogP contribution in [0.2, 0.25) is 0 Å². The molecule has 6 nitrogen and oxygen atoms in total. The summed E-state index contributed by atoms with van der Waals surface area (Å²) in [6, 6.07) is 4.47. The lowest BCUT2D eigenvalue weighted by atomic mass is 10.2. The van der Waals surface area contributed by atoms with E-state index < -0.39 is 11.8 Å². The Kier molecular flexibility index (Phi) is 2.97. The normalized spacial score (nSPS) is 10.4. The number of methoxy groups -OCH3 is 1. The number of nitrogens with two attached hydrogens (primary N) is 1. The van der Waals surface area contributed by atoms with Gasteiger partial charge in [0.05, 0.1) is 7.11 Å². The number of anilines is 1. The first-order valence-corrected chi connectivity index (χ1v) is 5.10. The highest BCUT2D eigenvalue weighted by Gasteiger charge is 2.20. The van der Waals surface area contributed by atoms with Gasteiger partial charge < -0.3 is 10.5 Å². The Balaban J connectivity index is 2.55. The van der Waals surface area contributed by atoms with Crippen molar-refractivity contribution in [3.63, 3.8) is 0 Å². The van der Waals surface area contributed by atoms with Crippen molar-refractivity contribution in [3.05, 3.63) is 35.3 Å². The molecule has 2 aromatic rings. The minimum atomic E-state index is -0.716. The largest absolute Gasteiger partial charge is 0.464 e. The van der Waals surface area contributed by atoms with Gasteiger partial charge in [-0.15, -0.1) is 5.10 Å². The van der Waals surface area contributed by atoms with Gasteiger partial charge in [-0.1, -0.05) is 11.3 Å². The van der Waals surface area contributed by atoms with Crippen LogP contribution in [0.1, 0.15) is 16.1 Å². The highest BCUT2D eigenvalue weighted by Crippen LogP contribution is 2.19. The van der Waals surface area contributed by atoms with Gasteiger partial charge in [-0.05, 0) is 24.6 Å². The molecule has 0 bridgehead atoms. The quantitative estimate of drug-likeness (QED) is 0.806. The van der Waals surface area contributed by atoms with Gasteiger partial charge in [0.25, 0.3) is 0 Å². The maximum absolute atomic E-state index is 13.7. The molecule has 0 radical (unpaired) electrons. The van der Waals surface area contributed by atoms with Gasteiger partial charge in [0.1, 0.15) is 11.5 Å². The molecule has 2 rings (SSSR count). The van der Waals surface area contributed by atoms with Crippen molar-refractivity contribution in [1.82, 2.24) is 15.0 Å². The highest BCUT2D eigenvalue weighted by molar-refractivity contribution is 5.92. The molecule has 1 aromatic heterocycles. The molecular formula is C11H11FN4O2. The molecule has 0 spiro atoms. The van der Waals surface area contributed by atoms with E-state index in [1.165, 1.54) is 13.2 Å². The van der Waals surface area contributed by atoms with Crippen LogP contribution >= 0.6 is 0 Å². The number of aryl methyl sites for hydroxylation is 1. The number of aromatic nitrogens is 3. The second kappa shape index (κ2) is 4.44. The van der Waals surface area contributed by atoms with Crippen LogP contribution in [-0.4, -0.2) is 28.1 Å². The number of carbonyl (C=O) groups excluding carboxylic acids is 1. The molecule has 0 aliphatic rings. The van der Waals surface area contributed by atoms with E-state index in [4.69, 9.17) is 5.73 Å². The summed E-state index contributed by atoms with van der Waals surface area (Å²) in [6.07, 6.45) is 0. The molecule has 0 aliphatic carbocycles. The minimum Gasteiger partial charge on any atom is -0.464 e. The van der Waals surface area contributed by atoms with Gasteiger partial charge in [0.15, 0.2) is 5.82 Å². The number of hydrogen-bond donors (Lipinski definition) is 1. The summed E-state index contributed by atoms with van der Waals surface area (Å²) in [4.78, 5) is 11.3. The van der Waals surface area contributed by atoms with E-state index in [-0.39, 0.29) is 17.2 Å². The molecule has 0 amide bonds. The van der Waals surface area contributed by atoms with Gasteiger partial charge in [0.2, 0.25) is 5.69 Å². The molecule has 0 unspecified atom stereocenters. The second-order valence-corrected chi connectivity index (χ2v) is 3.68. The molecule has 0 fully saturated rings. The van der Waals surface area contributed by atoms with E-state index in [2.05, 4.69) is 15.0 Å². The molecule has 1 aromatic carbocycles. The number of nitrogens with zero attached hydrogens (tertiary/aromatic N) is 3. The Morgan fingerprint density at radius 1 is 1.50 bits per heavy atom. The Morgan fingerprint density at radius 2 is 2.22 bits per heavy atom. The van der Waals surface area contributed by atoms with Crippen LogP contribution < -0.4 is 5.73 Å². The first kappa shape index (κ1) is 12.0. The number of carbonyl (C=O) groups is 1. The maximum atomic E-state index is 13.7. The van der Waals surface area contributed by atoms with Crippen LogP contribution in [0.15, 0.2) is 18.2 Å². The van der Waals surface area contributed by atoms with Crippen LogP contribution in [0.4, 0.5) is 10.2 Å². The maximum Gasteiger partial charge on any atom is 0.362 e. The van der Waals surface area contributed by atoms with E-state index in [1.807, 2.05) is 0 Å². The lowest BCUT2D eigenvalue weighted by molar-refractivity contribution is 0.0595. The predicted molar refractivity (Wildman–Crippen MR) is 61.8 cm³/mol. The number of esters is 1. The summed E-state index contributed by atoms with van der Waals surface area (Å²) < 4.78 is 19.2. The summed E-state index contributed by atoms with van der Waals surface area (Å²) in [5, 5.41) is 7.24. The molecule has 0 aliphatic heterocycles. The molecule has 2 N–H and O–H groups in total. The molecule has 18 heavy (non-hydrogen) atoms. The third-order valence-corrected chi connectivity index (χ3v) is 2.41. The zero-order valence-electron chi connectivity index (χ0n) is 9.85. The molecule has 1 heterocycles. The van der Waals surface area contributed by atoms with Crippen molar-refractivity contribution in [2.45, 2.75) is 6.92 Å². The first-order valence-electron chi connectivity index (χ1n) is 5.10. The predicted octanol–water partition coefficient (Wildman–Crippen LogP) is 1.08. The molecule has 94 valence electrons. The molecular weight excluding hydrogens is 239 g/mol. The average molecular weight is 250 g/mol. The van der Waals surface area contributed by atoms with E-state index in [0.29, 0.717) is 0 Å². The fourth-order valence-electron chi connectivity index (χ4n) is 1.49. The average Bonchev–Trinajstić information content (AvgIpc) is 2.73. The van der Waals surface area contributed by atoms with Crippen LogP contribution in [0.25, 0.3) is 5.69 Å². The summed E-state index contributed by atoms with van der Waals surface area (Å²) >= 11 is 0. The minimum absolute atomic E-state index is 0.0636. The number of hydrogen-bond acceptors (Lipinski definition) is 5. The number of nitrogen functional groups attached to an aromatic ring is 1. The molecule has 0 saturated heterocycles. The standard InChI is InChI=1S/C11H11FN4O2/c1-6-3-4-7(12)8(5-6)16-10(13)9(14-15-16)11(17)18-2/h3-5H,13H2,1-2H3. The van der Waals surface area contributed by atoms with Crippen LogP contribution in [-0.2, 0) is 4.74 Å². The number of rotatable bonds is 2. The third kappa shape index (κ3) is 1.90. The second-order valence-electron chi connectivity index (χ2n) is 3.68. The summed E-state index contributed by atoms with van der Waals surface area (Å²) in [6.45, 7) is 1.80. The summed E-state index contributed by atoms with van der Waals surface area (Å²) in [7, 11) is 1.20. The van der Waals surface area contributed by atoms with Crippen LogP contribution in [0.3, 0.4) is 0 Å². The molecule has 7 heteroatoms. The van der Waals surface area contributed by atoms with Crippen LogP contribution in [0, 0.1) is 12.7 Å². The number of ether oxygens (including phenoxy) is 1.